The highest BCUT2D eigenvalue weighted by Gasteiger charge is 2.14. The molecule has 2 nitrogen and oxygen atoms in total. The van der Waals surface area contributed by atoms with Gasteiger partial charge in [0.15, 0.2) is 5.78 Å². The van der Waals surface area contributed by atoms with Gasteiger partial charge in [0.2, 0.25) is 0 Å². The number of hydrogen-bond donors (Lipinski definition) is 0. The lowest BCUT2D eigenvalue weighted by molar-refractivity contribution is 0.0979. The molecule has 0 fully saturated rings. The van der Waals surface area contributed by atoms with E-state index in [2.05, 4.69) is 6.07 Å². The van der Waals surface area contributed by atoms with Gasteiger partial charge >= 0.3 is 0 Å². The summed E-state index contributed by atoms with van der Waals surface area (Å²) in [6.07, 6.45) is 1.86. The fourth-order valence-electron chi connectivity index (χ4n) is 2.63. The van der Waals surface area contributed by atoms with E-state index in [1.54, 1.807) is 12.1 Å². The molecule has 108 valence electrons. The second-order valence-electron chi connectivity index (χ2n) is 5.45. The molecule has 0 saturated carbocycles. The second kappa shape index (κ2) is 5.68. The van der Waals surface area contributed by atoms with Gasteiger partial charge in [0.25, 0.3) is 0 Å². The van der Waals surface area contributed by atoms with Crippen molar-refractivity contribution in [1.29, 1.82) is 0 Å². The topological polar surface area (TPSA) is 26.3 Å². The molecular weight excluding hydrogens is 267 g/mol. The smallest absolute Gasteiger partial charge is 0.166 e. The highest BCUT2D eigenvalue weighted by molar-refractivity contribution is 5.96. The van der Waals surface area contributed by atoms with Crippen molar-refractivity contribution >= 4 is 5.78 Å². The molecule has 0 saturated heterocycles. The van der Waals surface area contributed by atoms with Crippen LogP contribution in [0.25, 0.3) is 0 Å². The van der Waals surface area contributed by atoms with Crippen molar-refractivity contribution < 1.29 is 13.9 Å². The fourth-order valence-corrected chi connectivity index (χ4v) is 2.63. The van der Waals surface area contributed by atoms with Crippen LogP contribution in [0.5, 0.6) is 5.75 Å². The van der Waals surface area contributed by atoms with E-state index in [0.717, 1.165) is 29.9 Å². The van der Waals surface area contributed by atoms with Gasteiger partial charge in [-0.2, -0.15) is 0 Å². The predicted octanol–water partition coefficient (Wildman–Crippen LogP) is 3.88. The monoisotopic (exact) mass is 284 g/mol. The zero-order chi connectivity index (χ0) is 14.8. The van der Waals surface area contributed by atoms with E-state index in [4.69, 9.17) is 4.74 Å². The summed E-state index contributed by atoms with van der Waals surface area (Å²) in [7, 11) is 0. The Morgan fingerprint density at radius 1 is 1.24 bits per heavy atom. The number of benzene rings is 2. The summed E-state index contributed by atoms with van der Waals surface area (Å²) in [5.41, 5.74) is 3.30. The van der Waals surface area contributed by atoms with E-state index in [1.165, 1.54) is 11.6 Å². The Morgan fingerprint density at radius 2 is 2.10 bits per heavy atom. The van der Waals surface area contributed by atoms with Crippen LogP contribution in [0, 0.1) is 12.7 Å². The Balaban J connectivity index is 1.68. The Hall–Kier alpha value is -2.16. The molecule has 2 aromatic rings. The van der Waals surface area contributed by atoms with Crippen molar-refractivity contribution in [2.24, 2.45) is 0 Å². The SMILES string of the molecule is Cc1ccc(C(=O)CCc2ccc3c(c2)CCO3)c(F)c1. The van der Waals surface area contributed by atoms with Gasteiger partial charge in [-0.25, -0.2) is 4.39 Å². The Kier molecular flexibility index (Phi) is 3.74. The quantitative estimate of drug-likeness (QED) is 0.796. The van der Waals surface area contributed by atoms with Crippen LogP contribution in [0.3, 0.4) is 0 Å². The van der Waals surface area contributed by atoms with E-state index in [0.29, 0.717) is 12.8 Å². The van der Waals surface area contributed by atoms with Gasteiger partial charge in [0.1, 0.15) is 11.6 Å². The van der Waals surface area contributed by atoms with E-state index >= 15 is 0 Å². The first-order chi connectivity index (χ1) is 10.1. The maximum Gasteiger partial charge on any atom is 0.166 e. The second-order valence-corrected chi connectivity index (χ2v) is 5.45. The fraction of sp³-hybridized carbons (Fsp3) is 0.278. The Morgan fingerprint density at radius 3 is 2.90 bits per heavy atom. The molecule has 1 aliphatic heterocycles. The summed E-state index contributed by atoms with van der Waals surface area (Å²) in [6.45, 7) is 2.54. The molecule has 1 aliphatic rings. The summed E-state index contributed by atoms with van der Waals surface area (Å²) < 4.78 is 19.2. The minimum Gasteiger partial charge on any atom is -0.493 e. The average Bonchev–Trinajstić information content (AvgIpc) is 2.92. The summed E-state index contributed by atoms with van der Waals surface area (Å²) in [5.74, 6) is 0.362. The van der Waals surface area contributed by atoms with Crippen LogP contribution in [0.15, 0.2) is 36.4 Å². The minimum atomic E-state index is -0.428. The van der Waals surface area contributed by atoms with Crippen molar-refractivity contribution in [3.63, 3.8) is 0 Å². The molecule has 0 spiro atoms. The minimum absolute atomic E-state index is 0.149. The largest absolute Gasteiger partial charge is 0.493 e. The van der Waals surface area contributed by atoms with Crippen LogP contribution in [0.1, 0.15) is 33.5 Å². The highest BCUT2D eigenvalue weighted by Crippen LogP contribution is 2.26. The zero-order valence-corrected chi connectivity index (χ0v) is 12.0. The van der Waals surface area contributed by atoms with E-state index in [1.807, 2.05) is 19.1 Å². The number of fused-ring (bicyclic) bond motifs is 1. The van der Waals surface area contributed by atoms with E-state index < -0.39 is 5.82 Å². The summed E-state index contributed by atoms with van der Waals surface area (Å²) in [5, 5.41) is 0. The van der Waals surface area contributed by atoms with E-state index in [9.17, 15) is 9.18 Å². The van der Waals surface area contributed by atoms with Crippen molar-refractivity contribution in [3.05, 3.63) is 64.5 Å². The Bertz CT molecular complexity index is 692. The normalized spacial score (nSPS) is 12.9. The van der Waals surface area contributed by atoms with Crippen LogP contribution in [-0.2, 0) is 12.8 Å². The third-order valence-corrected chi connectivity index (χ3v) is 3.82. The van der Waals surface area contributed by atoms with Crippen LogP contribution >= 0.6 is 0 Å². The van der Waals surface area contributed by atoms with Crippen molar-refractivity contribution in [1.82, 2.24) is 0 Å². The standard InChI is InChI=1S/C18H17FO2/c1-12-2-5-15(16(19)10-12)17(20)6-3-13-4-7-18-14(11-13)8-9-21-18/h2,4-5,7,10-11H,3,6,8-9H2,1H3. The van der Waals surface area contributed by atoms with Crippen molar-refractivity contribution in [3.8, 4) is 5.75 Å². The number of Topliss-reactive ketones (excluding diaryl/α,β-unsaturated/α-hetero) is 1. The van der Waals surface area contributed by atoms with Crippen molar-refractivity contribution in [2.75, 3.05) is 6.61 Å². The highest BCUT2D eigenvalue weighted by atomic mass is 19.1. The third-order valence-electron chi connectivity index (χ3n) is 3.82. The summed E-state index contributed by atoms with van der Waals surface area (Å²) >= 11 is 0. The predicted molar refractivity (Wildman–Crippen MR) is 79.4 cm³/mol. The molecule has 3 rings (SSSR count). The van der Waals surface area contributed by atoms with Gasteiger partial charge in [-0.05, 0) is 48.2 Å². The first-order valence-electron chi connectivity index (χ1n) is 7.17. The van der Waals surface area contributed by atoms with Crippen LogP contribution in [0.2, 0.25) is 0 Å². The van der Waals surface area contributed by atoms with Crippen LogP contribution < -0.4 is 4.74 Å². The maximum absolute atomic E-state index is 13.8. The first-order valence-corrected chi connectivity index (χ1v) is 7.17. The number of aryl methyl sites for hydroxylation is 2. The molecule has 0 radical (unpaired) electrons. The number of rotatable bonds is 4. The van der Waals surface area contributed by atoms with Crippen LogP contribution in [-0.4, -0.2) is 12.4 Å². The third kappa shape index (κ3) is 2.97. The number of hydrogen-bond acceptors (Lipinski definition) is 2. The molecule has 0 atom stereocenters. The molecule has 0 bridgehead atoms. The molecular formula is C18H17FO2. The van der Waals surface area contributed by atoms with E-state index in [-0.39, 0.29) is 11.3 Å². The first kappa shape index (κ1) is 13.8. The lowest BCUT2D eigenvalue weighted by Gasteiger charge is -2.05. The molecule has 21 heavy (non-hydrogen) atoms. The maximum atomic E-state index is 13.8. The summed E-state index contributed by atoms with van der Waals surface area (Å²) in [4.78, 5) is 12.1. The number of carbonyl (C=O) groups is 1. The molecule has 0 aliphatic carbocycles. The van der Waals surface area contributed by atoms with Gasteiger partial charge in [0, 0.05) is 12.8 Å². The number of halogens is 1. The number of carbonyl (C=O) groups excluding carboxylic acids is 1. The Labute approximate surface area is 123 Å². The van der Waals surface area contributed by atoms with Gasteiger partial charge in [0.05, 0.1) is 12.2 Å². The number of ketones is 1. The zero-order valence-electron chi connectivity index (χ0n) is 12.0. The lowest BCUT2D eigenvalue weighted by atomic mass is 10.00. The molecule has 0 amide bonds. The van der Waals surface area contributed by atoms with Gasteiger partial charge in [-0.1, -0.05) is 18.2 Å². The molecule has 2 aromatic carbocycles. The summed E-state index contributed by atoms with van der Waals surface area (Å²) in [6, 6.07) is 10.8. The van der Waals surface area contributed by atoms with Gasteiger partial charge in [-0.15, -0.1) is 0 Å². The lowest BCUT2D eigenvalue weighted by Crippen LogP contribution is -2.04. The van der Waals surface area contributed by atoms with Crippen LogP contribution in [0.4, 0.5) is 4.39 Å². The van der Waals surface area contributed by atoms with Gasteiger partial charge < -0.3 is 4.74 Å². The van der Waals surface area contributed by atoms with Crippen molar-refractivity contribution in [2.45, 2.75) is 26.2 Å². The molecule has 0 aromatic heterocycles. The van der Waals surface area contributed by atoms with Gasteiger partial charge in [-0.3, -0.25) is 4.79 Å². The average molecular weight is 284 g/mol. The molecule has 3 heteroatoms. The molecule has 0 unspecified atom stereocenters. The molecule has 0 N–H and O–H groups in total. The number of ether oxygens (including phenoxy) is 1. The molecule has 1 heterocycles.